The van der Waals surface area contributed by atoms with Crippen LogP contribution in [-0.4, -0.2) is 17.1 Å². The van der Waals surface area contributed by atoms with Gasteiger partial charge in [0, 0.05) is 35.3 Å². The number of hydrogen-bond donors (Lipinski definition) is 1. The van der Waals surface area contributed by atoms with E-state index in [9.17, 15) is 0 Å². The lowest BCUT2D eigenvalue weighted by atomic mass is 10.1. The van der Waals surface area contributed by atoms with Crippen LogP contribution in [0.2, 0.25) is 5.15 Å². The van der Waals surface area contributed by atoms with Crippen molar-refractivity contribution in [3.63, 3.8) is 0 Å². The first kappa shape index (κ1) is 10.7. The zero-order valence-electron chi connectivity index (χ0n) is 8.64. The maximum Gasteiger partial charge on any atom is 0.215 e. The van der Waals surface area contributed by atoms with Crippen molar-refractivity contribution in [2.45, 2.75) is 0 Å². The number of halogens is 1. The average molecular weight is 236 g/mol. The number of anilines is 1. The van der Waals surface area contributed by atoms with E-state index in [1.807, 2.05) is 6.07 Å². The van der Waals surface area contributed by atoms with E-state index >= 15 is 0 Å². The Kier molecular flexibility index (Phi) is 2.92. The van der Waals surface area contributed by atoms with Gasteiger partial charge in [-0.3, -0.25) is 0 Å². The van der Waals surface area contributed by atoms with E-state index < -0.39 is 0 Å². The van der Waals surface area contributed by atoms with E-state index in [2.05, 4.69) is 9.97 Å². The van der Waals surface area contributed by atoms with Crippen LogP contribution in [0.1, 0.15) is 0 Å². The quantitative estimate of drug-likeness (QED) is 0.812. The molecule has 0 spiro atoms. The molecule has 0 saturated carbocycles. The first-order valence-electron chi connectivity index (χ1n) is 4.63. The third kappa shape index (κ3) is 1.92. The molecule has 0 unspecified atom stereocenters. The molecule has 0 radical (unpaired) electrons. The van der Waals surface area contributed by atoms with Gasteiger partial charge in [-0.25, -0.2) is 9.97 Å². The van der Waals surface area contributed by atoms with Crippen molar-refractivity contribution in [2.24, 2.45) is 0 Å². The minimum absolute atomic E-state index is 0.404. The third-order valence-corrected chi connectivity index (χ3v) is 2.47. The van der Waals surface area contributed by atoms with Crippen LogP contribution in [0.25, 0.3) is 11.1 Å². The predicted molar refractivity (Wildman–Crippen MR) is 63.4 cm³/mol. The number of rotatable bonds is 2. The van der Waals surface area contributed by atoms with Gasteiger partial charge in [0.2, 0.25) is 5.88 Å². The monoisotopic (exact) mass is 235 g/mol. The molecule has 0 aliphatic carbocycles. The van der Waals surface area contributed by atoms with Crippen LogP contribution in [0.5, 0.6) is 5.88 Å². The first-order valence-corrected chi connectivity index (χ1v) is 5.00. The highest BCUT2D eigenvalue weighted by Crippen LogP contribution is 2.31. The Morgan fingerprint density at radius 2 is 2.12 bits per heavy atom. The maximum atomic E-state index is 5.98. The number of pyridine rings is 2. The summed E-state index contributed by atoms with van der Waals surface area (Å²) >= 11 is 5.98. The van der Waals surface area contributed by atoms with Crippen molar-refractivity contribution in [1.29, 1.82) is 0 Å². The molecule has 2 rings (SSSR count). The van der Waals surface area contributed by atoms with Gasteiger partial charge in [0.1, 0.15) is 5.15 Å². The summed E-state index contributed by atoms with van der Waals surface area (Å²) in [5.41, 5.74) is 7.96. The second kappa shape index (κ2) is 4.37. The Hall–Kier alpha value is -1.81. The summed E-state index contributed by atoms with van der Waals surface area (Å²) in [6, 6.07) is 5.29. The number of aromatic nitrogens is 2. The molecule has 0 amide bonds. The van der Waals surface area contributed by atoms with Crippen LogP contribution < -0.4 is 10.5 Å². The maximum absolute atomic E-state index is 5.98. The molecule has 0 aromatic carbocycles. The molecule has 0 aliphatic rings. The van der Waals surface area contributed by atoms with Crippen LogP contribution in [0.3, 0.4) is 0 Å². The lowest BCUT2D eigenvalue weighted by Gasteiger charge is -2.07. The highest BCUT2D eigenvalue weighted by molar-refractivity contribution is 6.32. The van der Waals surface area contributed by atoms with Gasteiger partial charge in [0.25, 0.3) is 0 Å². The Bertz CT molecular complexity index is 516. The number of methoxy groups -OCH3 is 1. The van der Waals surface area contributed by atoms with Crippen molar-refractivity contribution in [3.8, 4) is 17.0 Å². The van der Waals surface area contributed by atoms with Crippen LogP contribution in [0.15, 0.2) is 30.6 Å². The molecule has 82 valence electrons. The lowest BCUT2D eigenvalue weighted by molar-refractivity contribution is 0.398. The average Bonchev–Trinajstić information content (AvgIpc) is 2.30. The van der Waals surface area contributed by atoms with Gasteiger partial charge < -0.3 is 10.5 Å². The Morgan fingerprint density at radius 3 is 2.75 bits per heavy atom. The zero-order chi connectivity index (χ0) is 11.5. The molecule has 0 saturated heterocycles. The summed E-state index contributed by atoms with van der Waals surface area (Å²) in [5.74, 6) is 0.473. The summed E-state index contributed by atoms with van der Waals surface area (Å²) in [5, 5.41) is 0.404. The van der Waals surface area contributed by atoms with Crippen LogP contribution in [0, 0.1) is 0 Å². The predicted octanol–water partition coefficient (Wildman–Crippen LogP) is 2.39. The van der Waals surface area contributed by atoms with Crippen molar-refractivity contribution < 1.29 is 4.74 Å². The standard InChI is InChI=1S/C11H10ClN3O/c1-16-10-5-9(13)8(6-15-10)7-3-2-4-14-11(7)12/h2-6H,1H3,(H2,13,15). The highest BCUT2D eigenvalue weighted by Gasteiger charge is 2.08. The van der Waals surface area contributed by atoms with E-state index in [1.54, 1.807) is 31.6 Å². The molecule has 2 aromatic heterocycles. The van der Waals surface area contributed by atoms with Crippen molar-refractivity contribution in [2.75, 3.05) is 12.8 Å². The molecule has 16 heavy (non-hydrogen) atoms. The fourth-order valence-electron chi connectivity index (χ4n) is 1.37. The molecule has 4 nitrogen and oxygen atoms in total. The largest absolute Gasteiger partial charge is 0.481 e. The molecule has 5 heteroatoms. The summed E-state index contributed by atoms with van der Waals surface area (Å²) in [7, 11) is 1.54. The first-order chi connectivity index (χ1) is 7.72. The lowest BCUT2D eigenvalue weighted by Crippen LogP contribution is -1.95. The zero-order valence-corrected chi connectivity index (χ0v) is 9.40. The summed E-state index contributed by atoms with van der Waals surface area (Å²) in [6.45, 7) is 0. The third-order valence-electron chi connectivity index (χ3n) is 2.17. The van der Waals surface area contributed by atoms with Crippen LogP contribution in [0.4, 0.5) is 5.69 Å². The fraction of sp³-hybridized carbons (Fsp3) is 0.0909. The molecule has 2 aromatic rings. The van der Waals surface area contributed by atoms with Gasteiger partial charge >= 0.3 is 0 Å². The normalized spacial score (nSPS) is 10.1. The van der Waals surface area contributed by atoms with Gasteiger partial charge in [-0.1, -0.05) is 11.6 Å². The molecule has 2 heterocycles. The van der Waals surface area contributed by atoms with Crippen LogP contribution >= 0.6 is 11.6 Å². The molecule has 0 aliphatic heterocycles. The molecular weight excluding hydrogens is 226 g/mol. The van der Waals surface area contributed by atoms with Crippen molar-refractivity contribution >= 4 is 17.3 Å². The van der Waals surface area contributed by atoms with Gasteiger partial charge in [0.05, 0.1) is 7.11 Å². The van der Waals surface area contributed by atoms with E-state index in [0.717, 1.165) is 11.1 Å². The van der Waals surface area contributed by atoms with Gasteiger partial charge in [0.15, 0.2) is 0 Å². The summed E-state index contributed by atoms with van der Waals surface area (Å²) in [6.07, 6.45) is 3.25. The fourth-order valence-corrected chi connectivity index (χ4v) is 1.60. The topological polar surface area (TPSA) is 61.0 Å². The second-order valence-corrected chi connectivity index (χ2v) is 3.51. The van der Waals surface area contributed by atoms with E-state index in [1.165, 1.54) is 0 Å². The molecule has 2 N–H and O–H groups in total. The number of nitrogens with zero attached hydrogens (tertiary/aromatic N) is 2. The Morgan fingerprint density at radius 1 is 1.31 bits per heavy atom. The van der Waals surface area contributed by atoms with Gasteiger partial charge in [-0.15, -0.1) is 0 Å². The van der Waals surface area contributed by atoms with Crippen LogP contribution in [-0.2, 0) is 0 Å². The number of ether oxygens (including phenoxy) is 1. The molecule has 0 atom stereocenters. The van der Waals surface area contributed by atoms with Crippen molar-refractivity contribution in [3.05, 3.63) is 35.7 Å². The number of nitrogen functional groups attached to an aromatic ring is 1. The molecule has 0 fully saturated rings. The molecule has 0 bridgehead atoms. The van der Waals surface area contributed by atoms with Crippen molar-refractivity contribution in [1.82, 2.24) is 9.97 Å². The minimum Gasteiger partial charge on any atom is -0.481 e. The van der Waals surface area contributed by atoms with Gasteiger partial charge in [-0.05, 0) is 12.1 Å². The number of hydrogen-bond acceptors (Lipinski definition) is 4. The van der Waals surface area contributed by atoms with E-state index in [0.29, 0.717) is 16.7 Å². The SMILES string of the molecule is COc1cc(N)c(-c2cccnc2Cl)cn1. The van der Waals surface area contributed by atoms with Gasteiger partial charge in [-0.2, -0.15) is 0 Å². The Balaban J connectivity index is 2.53. The highest BCUT2D eigenvalue weighted by atomic mass is 35.5. The van der Waals surface area contributed by atoms with E-state index in [-0.39, 0.29) is 0 Å². The minimum atomic E-state index is 0.404. The van der Waals surface area contributed by atoms with E-state index in [4.69, 9.17) is 22.1 Å². The number of nitrogens with two attached hydrogens (primary N) is 1. The smallest absolute Gasteiger partial charge is 0.215 e. The Labute approximate surface area is 98.0 Å². The second-order valence-electron chi connectivity index (χ2n) is 3.16. The summed E-state index contributed by atoms with van der Waals surface area (Å²) in [4.78, 5) is 8.08. The summed E-state index contributed by atoms with van der Waals surface area (Å²) < 4.78 is 4.98. The molecular formula is C11H10ClN3O.